The number of nitrogens with one attached hydrogen (secondary N) is 1. The summed E-state index contributed by atoms with van der Waals surface area (Å²) in [5.74, 6) is 1.90. The average Bonchev–Trinajstić information content (AvgIpc) is 2.82. The van der Waals surface area contributed by atoms with Crippen molar-refractivity contribution in [2.24, 2.45) is 0 Å². The fraction of sp³-hybridized carbons (Fsp3) is 0.286. The van der Waals surface area contributed by atoms with Crippen LogP contribution >= 0.6 is 11.8 Å². The van der Waals surface area contributed by atoms with Gasteiger partial charge in [-0.3, -0.25) is 4.79 Å². The van der Waals surface area contributed by atoms with Gasteiger partial charge in [0.2, 0.25) is 5.91 Å². The van der Waals surface area contributed by atoms with Crippen molar-refractivity contribution in [2.45, 2.75) is 24.9 Å². The van der Waals surface area contributed by atoms with Gasteiger partial charge in [-0.25, -0.2) is 0 Å². The lowest BCUT2D eigenvalue weighted by Gasteiger charge is -2.10. The largest absolute Gasteiger partial charge is 0.360 e. The minimum absolute atomic E-state index is 0.0609. The molecule has 1 heterocycles. The first-order valence-electron chi connectivity index (χ1n) is 6.05. The molecule has 0 saturated carbocycles. The first-order chi connectivity index (χ1) is 9.15. The maximum atomic E-state index is 11.9. The fourth-order valence-electron chi connectivity index (χ4n) is 1.52. The van der Waals surface area contributed by atoms with Gasteiger partial charge in [-0.05, 0) is 19.4 Å². The molecule has 1 amide bonds. The second-order valence-corrected chi connectivity index (χ2v) is 5.58. The molecule has 0 radical (unpaired) electrons. The maximum Gasteiger partial charge on any atom is 0.238 e. The molecule has 2 rings (SSSR count). The molecule has 0 fully saturated rings. The van der Waals surface area contributed by atoms with Crippen LogP contribution in [0.25, 0.3) is 0 Å². The minimum Gasteiger partial charge on any atom is -0.360 e. The van der Waals surface area contributed by atoms with E-state index in [4.69, 9.17) is 4.52 Å². The first-order valence-corrected chi connectivity index (χ1v) is 7.10. The molecule has 2 aromatic rings. The zero-order valence-corrected chi connectivity index (χ0v) is 11.7. The number of nitrogens with zero attached hydrogens (tertiary/aromatic N) is 1. The van der Waals surface area contributed by atoms with Crippen molar-refractivity contribution in [3.8, 4) is 0 Å². The Morgan fingerprint density at radius 3 is 2.79 bits per heavy atom. The van der Waals surface area contributed by atoms with E-state index in [1.54, 1.807) is 24.8 Å². The molecule has 0 aliphatic rings. The molecule has 0 unspecified atom stereocenters. The molecule has 100 valence electrons. The SMILES string of the molecule is Cc1cc(NC(=O)[C@@H](C)SCc2ccccc2)no1. The molecule has 0 aliphatic heterocycles. The Morgan fingerprint density at radius 1 is 1.42 bits per heavy atom. The van der Waals surface area contributed by atoms with Crippen molar-refractivity contribution >= 4 is 23.5 Å². The monoisotopic (exact) mass is 276 g/mol. The number of anilines is 1. The summed E-state index contributed by atoms with van der Waals surface area (Å²) in [6.45, 7) is 3.67. The molecule has 0 bridgehead atoms. The Balaban J connectivity index is 1.82. The van der Waals surface area contributed by atoms with Gasteiger partial charge in [-0.1, -0.05) is 35.5 Å². The summed E-state index contributed by atoms with van der Waals surface area (Å²) in [5, 5.41) is 6.33. The minimum atomic E-state index is -0.141. The Kier molecular flexibility index (Phi) is 4.63. The number of amides is 1. The quantitative estimate of drug-likeness (QED) is 0.910. The molecular formula is C14H16N2O2S. The summed E-state index contributed by atoms with van der Waals surface area (Å²) in [6.07, 6.45) is 0. The zero-order chi connectivity index (χ0) is 13.7. The predicted octanol–water partition coefficient (Wildman–Crippen LogP) is 3.24. The van der Waals surface area contributed by atoms with Crippen molar-refractivity contribution < 1.29 is 9.32 Å². The van der Waals surface area contributed by atoms with Crippen molar-refractivity contribution in [1.82, 2.24) is 5.16 Å². The Labute approximate surface area is 116 Å². The van der Waals surface area contributed by atoms with Crippen LogP contribution in [0, 0.1) is 6.92 Å². The molecule has 0 saturated heterocycles. The molecular weight excluding hydrogens is 260 g/mol. The summed E-state index contributed by atoms with van der Waals surface area (Å²) in [7, 11) is 0. The van der Waals surface area contributed by atoms with Gasteiger partial charge in [0.25, 0.3) is 0 Å². The van der Waals surface area contributed by atoms with Crippen LogP contribution in [0.15, 0.2) is 40.9 Å². The third-order valence-electron chi connectivity index (χ3n) is 2.59. The number of carbonyl (C=O) groups is 1. The highest BCUT2D eigenvalue weighted by Gasteiger charge is 2.15. The van der Waals surface area contributed by atoms with Gasteiger partial charge in [0.05, 0.1) is 5.25 Å². The van der Waals surface area contributed by atoms with Crippen LogP contribution in [0.3, 0.4) is 0 Å². The highest BCUT2D eigenvalue weighted by molar-refractivity contribution is 7.99. The van der Waals surface area contributed by atoms with E-state index in [0.29, 0.717) is 11.6 Å². The van der Waals surface area contributed by atoms with Gasteiger partial charge in [-0.2, -0.15) is 0 Å². The number of aryl methyl sites for hydroxylation is 1. The van der Waals surface area contributed by atoms with Crippen LogP contribution in [0.4, 0.5) is 5.82 Å². The van der Waals surface area contributed by atoms with E-state index in [9.17, 15) is 4.79 Å². The molecule has 1 aromatic carbocycles. The van der Waals surface area contributed by atoms with Crippen molar-refractivity contribution in [3.63, 3.8) is 0 Å². The third kappa shape index (κ3) is 4.13. The highest BCUT2D eigenvalue weighted by Crippen LogP contribution is 2.19. The topological polar surface area (TPSA) is 55.1 Å². The van der Waals surface area contributed by atoms with Gasteiger partial charge >= 0.3 is 0 Å². The smallest absolute Gasteiger partial charge is 0.238 e. The summed E-state index contributed by atoms with van der Waals surface area (Å²) < 4.78 is 4.90. The molecule has 1 N–H and O–H groups in total. The van der Waals surface area contributed by atoms with Crippen LogP contribution in [-0.2, 0) is 10.5 Å². The van der Waals surface area contributed by atoms with E-state index in [0.717, 1.165) is 5.75 Å². The number of hydrogen-bond acceptors (Lipinski definition) is 4. The van der Waals surface area contributed by atoms with Crippen LogP contribution in [0.1, 0.15) is 18.2 Å². The van der Waals surface area contributed by atoms with Crippen molar-refractivity contribution in [1.29, 1.82) is 0 Å². The maximum absolute atomic E-state index is 11.9. The molecule has 1 atom stereocenters. The summed E-state index contributed by atoms with van der Waals surface area (Å²) in [6, 6.07) is 11.8. The Bertz CT molecular complexity index is 539. The van der Waals surface area contributed by atoms with Gasteiger partial charge in [0.15, 0.2) is 5.82 Å². The number of aromatic nitrogens is 1. The van der Waals surface area contributed by atoms with E-state index in [1.807, 2.05) is 25.1 Å². The normalized spacial score (nSPS) is 12.1. The number of rotatable bonds is 5. The van der Waals surface area contributed by atoms with Crippen molar-refractivity contribution in [3.05, 3.63) is 47.7 Å². The number of thioether (sulfide) groups is 1. The second-order valence-electron chi connectivity index (χ2n) is 4.25. The van der Waals surface area contributed by atoms with E-state index in [1.165, 1.54) is 5.56 Å². The fourth-order valence-corrected chi connectivity index (χ4v) is 2.37. The predicted molar refractivity (Wildman–Crippen MR) is 77.1 cm³/mol. The molecule has 5 heteroatoms. The van der Waals surface area contributed by atoms with Gasteiger partial charge in [0, 0.05) is 11.8 Å². The average molecular weight is 276 g/mol. The second kappa shape index (κ2) is 6.43. The summed E-state index contributed by atoms with van der Waals surface area (Å²) in [5.41, 5.74) is 1.21. The van der Waals surface area contributed by atoms with E-state index in [2.05, 4.69) is 22.6 Å². The van der Waals surface area contributed by atoms with E-state index < -0.39 is 0 Å². The van der Waals surface area contributed by atoms with E-state index in [-0.39, 0.29) is 11.2 Å². The molecule has 0 aliphatic carbocycles. The van der Waals surface area contributed by atoms with Gasteiger partial charge in [-0.15, -0.1) is 11.8 Å². The van der Waals surface area contributed by atoms with Crippen molar-refractivity contribution in [2.75, 3.05) is 5.32 Å². The van der Waals surface area contributed by atoms with Crippen LogP contribution in [0.5, 0.6) is 0 Å². The van der Waals surface area contributed by atoms with Crippen LogP contribution in [-0.4, -0.2) is 16.3 Å². The lowest BCUT2D eigenvalue weighted by molar-refractivity contribution is -0.115. The first kappa shape index (κ1) is 13.7. The van der Waals surface area contributed by atoms with Crippen LogP contribution < -0.4 is 5.32 Å². The van der Waals surface area contributed by atoms with E-state index >= 15 is 0 Å². The number of carbonyl (C=O) groups excluding carboxylic acids is 1. The molecule has 0 spiro atoms. The standard InChI is InChI=1S/C14H16N2O2S/c1-10-8-13(16-18-10)15-14(17)11(2)19-9-12-6-4-3-5-7-12/h3-8,11H,9H2,1-2H3,(H,15,16,17)/t11-/m1/s1. The summed E-state index contributed by atoms with van der Waals surface area (Å²) >= 11 is 1.59. The number of hydrogen-bond donors (Lipinski definition) is 1. The number of benzene rings is 1. The Hall–Kier alpha value is -1.75. The Morgan fingerprint density at radius 2 is 2.16 bits per heavy atom. The van der Waals surface area contributed by atoms with Gasteiger partial charge < -0.3 is 9.84 Å². The third-order valence-corrected chi connectivity index (χ3v) is 3.81. The lowest BCUT2D eigenvalue weighted by Crippen LogP contribution is -2.22. The molecule has 4 nitrogen and oxygen atoms in total. The summed E-state index contributed by atoms with van der Waals surface area (Å²) in [4.78, 5) is 11.9. The van der Waals surface area contributed by atoms with Gasteiger partial charge in [0.1, 0.15) is 5.76 Å². The molecule has 19 heavy (non-hydrogen) atoms. The van der Waals surface area contributed by atoms with Crippen LogP contribution in [0.2, 0.25) is 0 Å². The zero-order valence-electron chi connectivity index (χ0n) is 10.9. The molecule has 1 aromatic heterocycles. The highest BCUT2D eigenvalue weighted by atomic mass is 32.2. The lowest BCUT2D eigenvalue weighted by atomic mass is 10.2.